The highest BCUT2D eigenvalue weighted by Crippen LogP contribution is 2.16. The molecule has 0 fully saturated rings. The Morgan fingerprint density at radius 3 is 2.12 bits per heavy atom. The second-order valence-electron chi connectivity index (χ2n) is 6.56. The van der Waals surface area contributed by atoms with Crippen molar-refractivity contribution in [2.45, 2.75) is 71.6 Å². The molecule has 1 rings (SSSR count). The van der Waals surface area contributed by atoms with Gasteiger partial charge in [0.2, 0.25) is 0 Å². The molecule has 1 aromatic rings. The second kappa shape index (κ2) is 14.2. The summed E-state index contributed by atoms with van der Waals surface area (Å²) in [5.41, 5.74) is 0.589. The lowest BCUT2D eigenvalue weighted by atomic mass is 10.1. The molecule has 0 aliphatic heterocycles. The van der Waals surface area contributed by atoms with Crippen LogP contribution in [0.1, 0.15) is 71.6 Å². The molecule has 0 radical (unpaired) electrons. The van der Waals surface area contributed by atoms with Crippen molar-refractivity contribution >= 4 is 17.5 Å². The number of nitrogens with one attached hydrogen (secondary N) is 2. The summed E-state index contributed by atoms with van der Waals surface area (Å²) < 4.78 is 5.62. The molecule has 0 atom stereocenters. The minimum atomic E-state index is -0.632. The molecule has 0 bridgehead atoms. The van der Waals surface area contributed by atoms with E-state index in [1.54, 1.807) is 24.3 Å². The third-order valence-corrected chi connectivity index (χ3v) is 4.15. The largest absolute Gasteiger partial charge is 0.494 e. The number of unbranched alkanes of at least 4 members (excludes halogenated alkanes) is 7. The molecular weight excluding hydrogens is 328 g/mol. The number of amides is 2. The molecule has 0 aliphatic rings. The van der Waals surface area contributed by atoms with Crippen LogP contribution in [0.15, 0.2) is 24.3 Å². The van der Waals surface area contributed by atoms with Gasteiger partial charge in [0.05, 0.1) is 6.61 Å². The molecule has 0 aromatic heterocycles. The standard InChI is InChI=1S/C21H34N2O3/c1-3-5-7-8-9-10-16-22-20(24)21(25)23-18-12-14-19(15-13-18)26-17-11-6-4-2/h12-15H,3-11,16-17H2,1-2H3,(H,22,24)(H,23,25). The van der Waals surface area contributed by atoms with Crippen molar-refractivity contribution in [1.82, 2.24) is 5.32 Å². The zero-order valence-corrected chi connectivity index (χ0v) is 16.3. The first kappa shape index (κ1) is 22.0. The quantitative estimate of drug-likeness (QED) is 0.396. The lowest BCUT2D eigenvalue weighted by molar-refractivity contribution is -0.136. The molecule has 0 aliphatic carbocycles. The maximum absolute atomic E-state index is 11.9. The van der Waals surface area contributed by atoms with Gasteiger partial charge in [-0.25, -0.2) is 0 Å². The van der Waals surface area contributed by atoms with Gasteiger partial charge >= 0.3 is 11.8 Å². The van der Waals surface area contributed by atoms with Crippen LogP contribution in [0, 0.1) is 0 Å². The van der Waals surface area contributed by atoms with Crippen LogP contribution in [0.5, 0.6) is 5.75 Å². The summed E-state index contributed by atoms with van der Waals surface area (Å²) in [6, 6.07) is 7.09. The Morgan fingerprint density at radius 2 is 1.42 bits per heavy atom. The molecule has 0 heterocycles. The summed E-state index contributed by atoms with van der Waals surface area (Å²) in [6.45, 7) is 5.58. The fraction of sp³-hybridized carbons (Fsp3) is 0.619. The molecule has 146 valence electrons. The Morgan fingerprint density at radius 1 is 0.808 bits per heavy atom. The lowest BCUT2D eigenvalue weighted by Crippen LogP contribution is -2.35. The van der Waals surface area contributed by atoms with Crippen LogP contribution in [-0.4, -0.2) is 25.0 Å². The van der Waals surface area contributed by atoms with E-state index >= 15 is 0 Å². The summed E-state index contributed by atoms with van der Waals surface area (Å²) in [4.78, 5) is 23.7. The fourth-order valence-electron chi connectivity index (χ4n) is 2.55. The average Bonchev–Trinajstić information content (AvgIpc) is 2.65. The molecule has 2 N–H and O–H groups in total. The number of hydrogen-bond acceptors (Lipinski definition) is 3. The number of hydrogen-bond donors (Lipinski definition) is 2. The van der Waals surface area contributed by atoms with E-state index in [-0.39, 0.29) is 0 Å². The minimum Gasteiger partial charge on any atom is -0.494 e. The summed E-state index contributed by atoms with van der Waals surface area (Å²) in [5.74, 6) is -0.447. The average molecular weight is 363 g/mol. The van der Waals surface area contributed by atoms with Gasteiger partial charge in [0.1, 0.15) is 5.75 Å². The van der Waals surface area contributed by atoms with Crippen molar-refractivity contribution in [2.24, 2.45) is 0 Å². The zero-order chi connectivity index (χ0) is 19.0. The van der Waals surface area contributed by atoms with Crippen LogP contribution in [0.3, 0.4) is 0 Å². The molecule has 0 saturated carbocycles. The Hall–Kier alpha value is -2.04. The number of carbonyl (C=O) groups is 2. The smallest absolute Gasteiger partial charge is 0.313 e. The predicted molar refractivity (Wildman–Crippen MR) is 106 cm³/mol. The van der Waals surface area contributed by atoms with Gasteiger partial charge in [0, 0.05) is 12.2 Å². The Bertz CT molecular complexity index is 514. The van der Waals surface area contributed by atoms with E-state index in [1.807, 2.05) is 0 Å². The summed E-state index contributed by atoms with van der Waals surface area (Å²) in [7, 11) is 0. The van der Waals surface area contributed by atoms with Gasteiger partial charge in [-0.1, -0.05) is 58.8 Å². The van der Waals surface area contributed by atoms with E-state index in [0.717, 1.165) is 37.9 Å². The fourth-order valence-corrected chi connectivity index (χ4v) is 2.55. The maximum Gasteiger partial charge on any atom is 0.313 e. The first-order chi connectivity index (χ1) is 12.7. The van der Waals surface area contributed by atoms with Crippen LogP contribution in [0.2, 0.25) is 0 Å². The lowest BCUT2D eigenvalue weighted by Gasteiger charge is -2.08. The highest BCUT2D eigenvalue weighted by molar-refractivity contribution is 6.39. The van der Waals surface area contributed by atoms with E-state index in [2.05, 4.69) is 24.5 Å². The molecule has 26 heavy (non-hydrogen) atoms. The summed E-state index contributed by atoms with van der Waals surface area (Å²) in [6.07, 6.45) is 10.3. The molecule has 1 aromatic carbocycles. The normalized spacial score (nSPS) is 10.4. The Kier molecular flexibility index (Phi) is 12.0. The molecule has 5 heteroatoms. The second-order valence-corrected chi connectivity index (χ2v) is 6.56. The Balaban J connectivity index is 2.21. The van der Waals surface area contributed by atoms with Crippen molar-refractivity contribution in [3.05, 3.63) is 24.3 Å². The van der Waals surface area contributed by atoms with Gasteiger partial charge in [-0.3, -0.25) is 9.59 Å². The third kappa shape index (κ3) is 10.1. The monoisotopic (exact) mass is 362 g/mol. The molecule has 0 saturated heterocycles. The number of anilines is 1. The van der Waals surface area contributed by atoms with E-state index in [4.69, 9.17) is 4.74 Å². The summed E-state index contributed by atoms with van der Waals surface area (Å²) >= 11 is 0. The third-order valence-electron chi connectivity index (χ3n) is 4.15. The first-order valence-corrected chi connectivity index (χ1v) is 9.99. The van der Waals surface area contributed by atoms with Gasteiger partial charge < -0.3 is 15.4 Å². The topological polar surface area (TPSA) is 67.4 Å². The van der Waals surface area contributed by atoms with Crippen molar-refractivity contribution in [3.63, 3.8) is 0 Å². The van der Waals surface area contributed by atoms with Crippen molar-refractivity contribution in [1.29, 1.82) is 0 Å². The zero-order valence-electron chi connectivity index (χ0n) is 16.3. The highest BCUT2D eigenvalue weighted by Gasteiger charge is 2.12. The van der Waals surface area contributed by atoms with Crippen LogP contribution in [0.25, 0.3) is 0 Å². The molecule has 5 nitrogen and oxygen atoms in total. The first-order valence-electron chi connectivity index (χ1n) is 9.99. The van der Waals surface area contributed by atoms with E-state index in [1.165, 1.54) is 25.7 Å². The predicted octanol–water partition coefficient (Wildman–Crippen LogP) is 4.67. The number of ether oxygens (including phenoxy) is 1. The molecule has 0 unspecified atom stereocenters. The molecular formula is C21H34N2O3. The van der Waals surface area contributed by atoms with E-state index in [0.29, 0.717) is 18.8 Å². The van der Waals surface area contributed by atoms with Gasteiger partial charge in [0.25, 0.3) is 0 Å². The van der Waals surface area contributed by atoms with E-state index < -0.39 is 11.8 Å². The van der Waals surface area contributed by atoms with Gasteiger partial charge in [-0.15, -0.1) is 0 Å². The molecule has 0 spiro atoms. The Labute approximate surface area is 157 Å². The van der Waals surface area contributed by atoms with Crippen LogP contribution in [0.4, 0.5) is 5.69 Å². The highest BCUT2D eigenvalue weighted by atomic mass is 16.5. The van der Waals surface area contributed by atoms with E-state index in [9.17, 15) is 9.59 Å². The number of rotatable bonds is 13. The number of benzene rings is 1. The van der Waals surface area contributed by atoms with Gasteiger partial charge in [-0.2, -0.15) is 0 Å². The van der Waals surface area contributed by atoms with Crippen molar-refractivity contribution < 1.29 is 14.3 Å². The maximum atomic E-state index is 11.9. The number of carbonyl (C=O) groups excluding carboxylic acids is 2. The minimum absolute atomic E-state index is 0.545. The van der Waals surface area contributed by atoms with Crippen LogP contribution >= 0.6 is 0 Å². The van der Waals surface area contributed by atoms with Gasteiger partial charge in [0.15, 0.2) is 0 Å². The van der Waals surface area contributed by atoms with Crippen LogP contribution in [-0.2, 0) is 9.59 Å². The van der Waals surface area contributed by atoms with Crippen molar-refractivity contribution in [2.75, 3.05) is 18.5 Å². The van der Waals surface area contributed by atoms with Crippen molar-refractivity contribution in [3.8, 4) is 5.75 Å². The molecule has 2 amide bonds. The van der Waals surface area contributed by atoms with Crippen LogP contribution < -0.4 is 15.4 Å². The SMILES string of the molecule is CCCCCCCCNC(=O)C(=O)Nc1ccc(OCCCCC)cc1. The van der Waals surface area contributed by atoms with Gasteiger partial charge in [-0.05, 0) is 37.1 Å². The summed E-state index contributed by atoms with van der Waals surface area (Å²) in [5, 5.41) is 5.28.